The number of hydrogen-bond donors (Lipinski definition) is 0. The average molecular weight is 451 g/mol. The molecule has 0 unspecified atom stereocenters. The van der Waals surface area contributed by atoms with E-state index in [9.17, 15) is 9.59 Å². The molecule has 4 rings (SSSR count). The Bertz CT molecular complexity index is 1230. The molecule has 0 atom stereocenters. The van der Waals surface area contributed by atoms with E-state index in [2.05, 4.69) is 15.9 Å². The minimum atomic E-state index is -0.297. The van der Waals surface area contributed by atoms with Gasteiger partial charge in [-0.05, 0) is 40.2 Å². The fourth-order valence-electron chi connectivity index (χ4n) is 2.75. The van der Waals surface area contributed by atoms with Gasteiger partial charge in [-0.2, -0.15) is 0 Å². The van der Waals surface area contributed by atoms with E-state index in [4.69, 9.17) is 13.9 Å². The SMILES string of the molecule is O=C(COc1ccc2c(=O)c(Oc3ccccc3Br)coc2c1)c1ccccc1. The molecule has 0 aliphatic carbocycles. The van der Waals surface area contributed by atoms with Gasteiger partial charge < -0.3 is 13.9 Å². The quantitative estimate of drug-likeness (QED) is 0.357. The largest absolute Gasteiger partial charge is 0.485 e. The Morgan fingerprint density at radius 2 is 1.69 bits per heavy atom. The van der Waals surface area contributed by atoms with Crippen LogP contribution < -0.4 is 14.9 Å². The van der Waals surface area contributed by atoms with Crippen LogP contribution in [0.15, 0.2) is 92.7 Å². The third-order valence-corrected chi connectivity index (χ3v) is 4.89. The zero-order valence-corrected chi connectivity index (χ0v) is 16.7. The summed E-state index contributed by atoms with van der Waals surface area (Å²) >= 11 is 3.38. The fraction of sp³-hybridized carbons (Fsp3) is 0.0435. The van der Waals surface area contributed by atoms with Crippen LogP contribution in [0.2, 0.25) is 0 Å². The third-order valence-electron chi connectivity index (χ3n) is 4.24. The van der Waals surface area contributed by atoms with Crippen molar-refractivity contribution in [3.05, 3.63) is 99.3 Å². The molecule has 0 saturated heterocycles. The van der Waals surface area contributed by atoms with Gasteiger partial charge in [-0.3, -0.25) is 9.59 Å². The molecule has 0 bridgehead atoms. The standard InChI is InChI=1S/C23H15BrO5/c24-18-8-4-5-9-20(18)29-22-14-28-21-12-16(10-11-17(21)23(22)26)27-13-19(25)15-6-2-1-3-7-15/h1-12,14H,13H2. The van der Waals surface area contributed by atoms with Gasteiger partial charge in [0.15, 0.2) is 12.4 Å². The lowest BCUT2D eigenvalue weighted by Crippen LogP contribution is -2.11. The first kappa shape index (κ1) is 19.0. The van der Waals surface area contributed by atoms with Crippen molar-refractivity contribution in [1.29, 1.82) is 0 Å². The van der Waals surface area contributed by atoms with Gasteiger partial charge in [0.25, 0.3) is 0 Å². The summed E-state index contributed by atoms with van der Waals surface area (Å²) in [5, 5.41) is 0.358. The Morgan fingerprint density at radius 1 is 0.931 bits per heavy atom. The molecule has 6 heteroatoms. The number of halogens is 1. The van der Waals surface area contributed by atoms with Crippen LogP contribution in [0.3, 0.4) is 0 Å². The summed E-state index contributed by atoms with van der Waals surface area (Å²) in [5.74, 6) is 0.893. The maximum atomic E-state index is 12.7. The van der Waals surface area contributed by atoms with Crippen LogP contribution in [0, 0.1) is 0 Å². The minimum absolute atomic E-state index is 0.0809. The van der Waals surface area contributed by atoms with Crippen LogP contribution >= 0.6 is 15.9 Å². The van der Waals surface area contributed by atoms with Gasteiger partial charge in [0.1, 0.15) is 23.3 Å². The molecule has 1 heterocycles. The normalized spacial score (nSPS) is 10.7. The molecule has 0 aliphatic heterocycles. The molecule has 1 aromatic heterocycles. The number of benzene rings is 3. The number of carbonyl (C=O) groups is 1. The molecular formula is C23H15BrO5. The number of rotatable bonds is 6. The molecule has 0 amide bonds. The highest BCUT2D eigenvalue weighted by Gasteiger charge is 2.12. The number of fused-ring (bicyclic) bond motifs is 1. The summed E-state index contributed by atoms with van der Waals surface area (Å²) in [7, 11) is 0. The van der Waals surface area contributed by atoms with Crippen molar-refractivity contribution in [3.8, 4) is 17.2 Å². The molecule has 5 nitrogen and oxygen atoms in total. The lowest BCUT2D eigenvalue weighted by Gasteiger charge is -2.09. The lowest BCUT2D eigenvalue weighted by atomic mass is 10.1. The van der Waals surface area contributed by atoms with Crippen molar-refractivity contribution in [2.24, 2.45) is 0 Å². The number of Topliss-reactive ketones (excluding diaryl/α,β-unsaturated/α-hetero) is 1. The van der Waals surface area contributed by atoms with Crippen LogP contribution in [0.4, 0.5) is 0 Å². The third kappa shape index (κ3) is 4.22. The van der Waals surface area contributed by atoms with E-state index in [0.717, 1.165) is 4.47 Å². The summed E-state index contributed by atoms with van der Waals surface area (Å²) in [6, 6.07) is 20.9. The van der Waals surface area contributed by atoms with Crippen molar-refractivity contribution < 1.29 is 18.7 Å². The van der Waals surface area contributed by atoms with Crippen LogP contribution in [-0.4, -0.2) is 12.4 Å². The number of hydrogen-bond acceptors (Lipinski definition) is 5. The summed E-state index contributed by atoms with van der Waals surface area (Å²) in [4.78, 5) is 24.9. The van der Waals surface area contributed by atoms with E-state index in [1.807, 2.05) is 24.3 Å². The fourth-order valence-corrected chi connectivity index (χ4v) is 3.12. The first-order valence-electron chi connectivity index (χ1n) is 8.81. The molecule has 3 aromatic carbocycles. The van der Waals surface area contributed by atoms with Gasteiger partial charge >= 0.3 is 0 Å². The van der Waals surface area contributed by atoms with Crippen molar-refractivity contribution >= 4 is 32.7 Å². The minimum Gasteiger partial charge on any atom is -0.485 e. The zero-order valence-electron chi connectivity index (χ0n) is 15.1. The highest BCUT2D eigenvalue weighted by Crippen LogP contribution is 2.29. The van der Waals surface area contributed by atoms with E-state index in [1.165, 1.54) is 6.26 Å². The Kier molecular flexibility index (Phi) is 5.44. The molecule has 0 spiro atoms. The number of ketones is 1. The molecule has 29 heavy (non-hydrogen) atoms. The Balaban J connectivity index is 1.54. The second-order valence-electron chi connectivity index (χ2n) is 6.20. The molecule has 0 fully saturated rings. The zero-order chi connectivity index (χ0) is 20.2. The predicted molar refractivity (Wildman–Crippen MR) is 113 cm³/mol. The predicted octanol–water partition coefficient (Wildman–Crippen LogP) is 5.61. The first-order valence-corrected chi connectivity index (χ1v) is 9.60. The van der Waals surface area contributed by atoms with E-state index < -0.39 is 0 Å². The molecule has 144 valence electrons. The van der Waals surface area contributed by atoms with Gasteiger partial charge in [0.2, 0.25) is 11.2 Å². The lowest BCUT2D eigenvalue weighted by molar-refractivity contribution is 0.0921. The summed E-state index contributed by atoms with van der Waals surface area (Å²) < 4.78 is 17.5. The average Bonchev–Trinajstić information content (AvgIpc) is 2.76. The van der Waals surface area contributed by atoms with Crippen molar-refractivity contribution in [2.45, 2.75) is 0 Å². The number of para-hydroxylation sites is 1. The van der Waals surface area contributed by atoms with Gasteiger partial charge in [-0.15, -0.1) is 0 Å². The number of ether oxygens (including phenoxy) is 2. The Morgan fingerprint density at radius 3 is 2.48 bits per heavy atom. The summed E-state index contributed by atoms with van der Waals surface area (Å²) in [5.41, 5.74) is 0.627. The first-order chi connectivity index (χ1) is 14.1. The van der Waals surface area contributed by atoms with Gasteiger partial charge in [0, 0.05) is 11.6 Å². The van der Waals surface area contributed by atoms with Crippen molar-refractivity contribution in [3.63, 3.8) is 0 Å². The highest BCUT2D eigenvalue weighted by molar-refractivity contribution is 9.10. The van der Waals surface area contributed by atoms with Crippen molar-refractivity contribution in [2.75, 3.05) is 6.61 Å². The topological polar surface area (TPSA) is 65.7 Å². The molecular weight excluding hydrogens is 436 g/mol. The second-order valence-corrected chi connectivity index (χ2v) is 7.05. The van der Waals surface area contributed by atoms with Crippen molar-refractivity contribution in [1.82, 2.24) is 0 Å². The molecule has 0 radical (unpaired) electrons. The number of carbonyl (C=O) groups excluding carboxylic acids is 1. The van der Waals surface area contributed by atoms with Gasteiger partial charge in [-0.25, -0.2) is 0 Å². The molecule has 0 saturated carbocycles. The monoisotopic (exact) mass is 450 g/mol. The smallest absolute Gasteiger partial charge is 0.235 e. The van der Waals surface area contributed by atoms with Gasteiger partial charge in [-0.1, -0.05) is 42.5 Å². The van der Waals surface area contributed by atoms with E-state index in [-0.39, 0.29) is 23.6 Å². The molecule has 0 N–H and O–H groups in total. The Hall–Kier alpha value is -3.38. The Labute approximate surface area is 174 Å². The van der Waals surface area contributed by atoms with Crippen LogP contribution in [0.1, 0.15) is 10.4 Å². The van der Waals surface area contributed by atoms with E-state index in [1.54, 1.807) is 48.5 Å². The molecule has 0 aliphatic rings. The maximum absolute atomic E-state index is 12.7. The van der Waals surface area contributed by atoms with Crippen LogP contribution in [0.5, 0.6) is 17.2 Å². The van der Waals surface area contributed by atoms with Crippen LogP contribution in [-0.2, 0) is 0 Å². The highest BCUT2D eigenvalue weighted by atomic mass is 79.9. The van der Waals surface area contributed by atoms with Gasteiger partial charge in [0.05, 0.1) is 9.86 Å². The van der Waals surface area contributed by atoms with E-state index in [0.29, 0.717) is 28.0 Å². The van der Waals surface area contributed by atoms with Crippen LogP contribution in [0.25, 0.3) is 11.0 Å². The maximum Gasteiger partial charge on any atom is 0.235 e. The summed E-state index contributed by atoms with van der Waals surface area (Å²) in [6.07, 6.45) is 1.27. The van der Waals surface area contributed by atoms with E-state index >= 15 is 0 Å². The second kappa shape index (κ2) is 8.32. The summed E-state index contributed by atoms with van der Waals surface area (Å²) in [6.45, 7) is -0.108. The molecule has 4 aromatic rings.